The van der Waals surface area contributed by atoms with Gasteiger partial charge in [-0.25, -0.2) is 9.18 Å². The standard InChI is InChI=1S/C15H20FNO3/c1-10-8-11(16)6-7-12(10)13(9-18)17(5)14(19)20-15(2,3)4/h6-9,13H,1-5H3. The third-order valence-corrected chi connectivity index (χ3v) is 2.78. The molecule has 1 unspecified atom stereocenters. The van der Waals surface area contributed by atoms with Crippen LogP contribution in [0.1, 0.15) is 37.9 Å². The Morgan fingerprint density at radius 3 is 2.45 bits per heavy atom. The molecule has 0 heterocycles. The number of carbonyl (C=O) groups is 2. The summed E-state index contributed by atoms with van der Waals surface area (Å²) in [7, 11) is 1.48. The largest absolute Gasteiger partial charge is 0.444 e. The summed E-state index contributed by atoms with van der Waals surface area (Å²) in [5.74, 6) is -0.379. The number of hydrogen-bond donors (Lipinski definition) is 0. The first-order chi connectivity index (χ1) is 9.15. The number of amides is 1. The summed E-state index contributed by atoms with van der Waals surface area (Å²) in [5, 5.41) is 0. The number of hydrogen-bond acceptors (Lipinski definition) is 3. The van der Waals surface area contributed by atoms with E-state index in [0.717, 1.165) is 0 Å². The molecule has 110 valence electrons. The molecule has 0 aromatic heterocycles. The Labute approximate surface area is 118 Å². The van der Waals surface area contributed by atoms with E-state index in [1.54, 1.807) is 27.7 Å². The highest BCUT2D eigenvalue weighted by Crippen LogP contribution is 2.23. The topological polar surface area (TPSA) is 46.6 Å². The van der Waals surface area contributed by atoms with E-state index in [-0.39, 0.29) is 5.82 Å². The number of carbonyl (C=O) groups excluding carboxylic acids is 2. The van der Waals surface area contributed by atoms with E-state index < -0.39 is 17.7 Å². The Bertz CT molecular complexity index is 508. The second-order valence-electron chi connectivity index (χ2n) is 5.67. The fourth-order valence-electron chi connectivity index (χ4n) is 1.79. The fourth-order valence-corrected chi connectivity index (χ4v) is 1.79. The number of nitrogens with zero attached hydrogens (tertiary/aromatic N) is 1. The Morgan fingerprint density at radius 2 is 2.00 bits per heavy atom. The molecule has 1 rings (SSSR count). The molecule has 1 aromatic carbocycles. The Balaban J connectivity index is 3.01. The average molecular weight is 281 g/mol. The molecular formula is C15H20FNO3. The molecule has 0 N–H and O–H groups in total. The van der Waals surface area contributed by atoms with Crippen molar-refractivity contribution in [3.05, 3.63) is 35.1 Å². The molecule has 0 bridgehead atoms. The first kappa shape index (κ1) is 16.1. The van der Waals surface area contributed by atoms with E-state index in [9.17, 15) is 14.0 Å². The zero-order chi connectivity index (χ0) is 15.5. The van der Waals surface area contributed by atoms with Crippen LogP contribution in [0.25, 0.3) is 0 Å². The molecule has 0 aliphatic carbocycles. The zero-order valence-electron chi connectivity index (χ0n) is 12.4. The molecule has 4 nitrogen and oxygen atoms in total. The van der Waals surface area contributed by atoms with Crippen LogP contribution in [0.3, 0.4) is 0 Å². The second kappa shape index (κ2) is 6.03. The van der Waals surface area contributed by atoms with Gasteiger partial charge in [0.2, 0.25) is 0 Å². The van der Waals surface area contributed by atoms with Crippen molar-refractivity contribution < 1.29 is 18.7 Å². The second-order valence-corrected chi connectivity index (χ2v) is 5.67. The van der Waals surface area contributed by atoms with Crippen LogP contribution in [-0.4, -0.2) is 29.9 Å². The lowest BCUT2D eigenvalue weighted by molar-refractivity contribution is -0.112. The molecule has 5 heteroatoms. The molecule has 1 aromatic rings. The number of likely N-dealkylation sites (N-methyl/N-ethyl adjacent to an activating group) is 1. The van der Waals surface area contributed by atoms with E-state index in [4.69, 9.17) is 4.74 Å². The lowest BCUT2D eigenvalue weighted by Crippen LogP contribution is -2.37. The number of benzene rings is 1. The van der Waals surface area contributed by atoms with Crippen LogP contribution >= 0.6 is 0 Å². The van der Waals surface area contributed by atoms with Crippen LogP contribution < -0.4 is 0 Å². The van der Waals surface area contributed by atoms with Gasteiger partial charge in [0.25, 0.3) is 0 Å². The van der Waals surface area contributed by atoms with Gasteiger partial charge in [-0.2, -0.15) is 0 Å². The monoisotopic (exact) mass is 281 g/mol. The van der Waals surface area contributed by atoms with E-state index >= 15 is 0 Å². The first-order valence-electron chi connectivity index (χ1n) is 6.33. The van der Waals surface area contributed by atoms with Crippen LogP contribution in [0.2, 0.25) is 0 Å². The molecule has 0 spiro atoms. The van der Waals surface area contributed by atoms with Crippen molar-refractivity contribution in [1.29, 1.82) is 0 Å². The lowest BCUT2D eigenvalue weighted by atomic mass is 10.0. The number of ether oxygens (including phenoxy) is 1. The zero-order valence-corrected chi connectivity index (χ0v) is 12.4. The van der Waals surface area contributed by atoms with Crippen LogP contribution in [0, 0.1) is 12.7 Å². The lowest BCUT2D eigenvalue weighted by Gasteiger charge is -2.28. The van der Waals surface area contributed by atoms with Crippen molar-refractivity contribution in [2.24, 2.45) is 0 Å². The van der Waals surface area contributed by atoms with Crippen LogP contribution in [0.4, 0.5) is 9.18 Å². The summed E-state index contributed by atoms with van der Waals surface area (Å²) in [4.78, 5) is 24.5. The highest BCUT2D eigenvalue weighted by atomic mass is 19.1. The maximum absolute atomic E-state index is 13.1. The Kier molecular flexibility index (Phi) is 4.87. The third-order valence-electron chi connectivity index (χ3n) is 2.78. The molecule has 0 saturated heterocycles. The normalized spacial score (nSPS) is 12.7. The fraction of sp³-hybridized carbons (Fsp3) is 0.467. The predicted octanol–water partition coefficient (Wildman–Crippen LogP) is 3.24. The summed E-state index contributed by atoms with van der Waals surface area (Å²) in [6.45, 7) is 6.94. The quantitative estimate of drug-likeness (QED) is 0.799. The summed E-state index contributed by atoms with van der Waals surface area (Å²) in [5.41, 5.74) is 0.545. The maximum atomic E-state index is 13.1. The smallest absolute Gasteiger partial charge is 0.410 e. The third kappa shape index (κ3) is 4.05. The van der Waals surface area contributed by atoms with Crippen molar-refractivity contribution in [2.45, 2.75) is 39.3 Å². The SMILES string of the molecule is Cc1cc(F)ccc1C(C=O)N(C)C(=O)OC(C)(C)C. The summed E-state index contributed by atoms with van der Waals surface area (Å²) >= 11 is 0. The van der Waals surface area contributed by atoms with Crippen LogP contribution in [0.5, 0.6) is 0 Å². The minimum absolute atomic E-state index is 0.379. The molecule has 1 amide bonds. The van der Waals surface area contributed by atoms with Gasteiger partial charge in [-0.15, -0.1) is 0 Å². The summed E-state index contributed by atoms with van der Waals surface area (Å²) < 4.78 is 18.3. The Morgan fingerprint density at radius 1 is 1.40 bits per heavy atom. The number of aryl methyl sites for hydroxylation is 1. The highest BCUT2D eigenvalue weighted by Gasteiger charge is 2.27. The van der Waals surface area contributed by atoms with E-state index in [0.29, 0.717) is 17.4 Å². The summed E-state index contributed by atoms with van der Waals surface area (Å²) in [6.07, 6.45) is 0.0442. The van der Waals surface area contributed by atoms with Crippen LogP contribution in [0.15, 0.2) is 18.2 Å². The minimum atomic E-state index is -0.801. The van der Waals surface area contributed by atoms with Gasteiger partial charge < -0.3 is 9.53 Å². The van der Waals surface area contributed by atoms with Gasteiger partial charge in [-0.1, -0.05) is 6.07 Å². The molecule has 0 aliphatic rings. The number of halogens is 1. The van der Waals surface area contributed by atoms with Crippen molar-refractivity contribution in [3.63, 3.8) is 0 Å². The molecule has 0 radical (unpaired) electrons. The maximum Gasteiger partial charge on any atom is 0.410 e. The van der Waals surface area contributed by atoms with Gasteiger partial charge in [-0.05, 0) is 51.0 Å². The van der Waals surface area contributed by atoms with Gasteiger partial charge in [0.1, 0.15) is 23.7 Å². The van der Waals surface area contributed by atoms with Gasteiger partial charge in [0.05, 0.1) is 0 Å². The molecular weight excluding hydrogens is 261 g/mol. The van der Waals surface area contributed by atoms with Crippen molar-refractivity contribution in [2.75, 3.05) is 7.05 Å². The highest BCUT2D eigenvalue weighted by molar-refractivity contribution is 5.75. The van der Waals surface area contributed by atoms with Gasteiger partial charge >= 0.3 is 6.09 Å². The molecule has 20 heavy (non-hydrogen) atoms. The number of aldehydes is 1. The van der Waals surface area contributed by atoms with E-state index in [2.05, 4.69) is 0 Å². The van der Waals surface area contributed by atoms with Crippen molar-refractivity contribution in [1.82, 2.24) is 4.90 Å². The predicted molar refractivity (Wildman–Crippen MR) is 73.9 cm³/mol. The van der Waals surface area contributed by atoms with E-state index in [1.165, 1.54) is 30.1 Å². The first-order valence-corrected chi connectivity index (χ1v) is 6.33. The van der Waals surface area contributed by atoms with Gasteiger partial charge in [0, 0.05) is 7.05 Å². The molecule has 0 saturated carbocycles. The van der Waals surface area contributed by atoms with Crippen LogP contribution in [-0.2, 0) is 9.53 Å². The molecule has 1 atom stereocenters. The van der Waals surface area contributed by atoms with Crippen molar-refractivity contribution in [3.8, 4) is 0 Å². The van der Waals surface area contributed by atoms with E-state index in [1.807, 2.05) is 0 Å². The number of rotatable bonds is 3. The van der Waals surface area contributed by atoms with Gasteiger partial charge in [-0.3, -0.25) is 4.90 Å². The average Bonchev–Trinajstić information content (AvgIpc) is 2.30. The summed E-state index contributed by atoms with van der Waals surface area (Å²) in [6, 6.07) is 3.30. The van der Waals surface area contributed by atoms with Gasteiger partial charge in [0.15, 0.2) is 0 Å². The van der Waals surface area contributed by atoms with Crippen molar-refractivity contribution >= 4 is 12.4 Å². The Hall–Kier alpha value is -1.91. The molecule has 0 fully saturated rings. The minimum Gasteiger partial charge on any atom is -0.444 e. The molecule has 0 aliphatic heterocycles.